The van der Waals surface area contributed by atoms with Crippen LogP contribution in [-0.4, -0.2) is 81.8 Å². The van der Waals surface area contributed by atoms with Crippen LogP contribution in [0.15, 0.2) is 63.6 Å². The lowest BCUT2D eigenvalue weighted by molar-refractivity contribution is 0.0977. The van der Waals surface area contributed by atoms with Gasteiger partial charge in [0.15, 0.2) is 0 Å². The molecule has 0 saturated heterocycles. The Balaban J connectivity index is 1.55. The minimum absolute atomic E-state index is 0.229. The van der Waals surface area contributed by atoms with Crippen molar-refractivity contribution >= 4 is 45.7 Å². The highest BCUT2D eigenvalue weighted by molar-refractivity contribution is 5.99. The molecule has 0 bridgehead atoms. The summed E-state index contributed by atoms with van der Waals surface area (Å²) in [6.45, 7) is 13.6. The Morgan fingerprint density at radius 2 is 1.20 bits per heavy atom. The van der Waals surface area contributed by atoms with Crippen molar-refractivity contribution < 1.29 is 28.7 Å². The molecular formula is C42H52N12O6. The molecule has 0 aliphatic heterocycles. The fourth-order valence-electron chi connectivity index (χ4n) is 7.25. The number of ether oxygens (including phenoxy) is 2. The van der Waals surface area contributed by atoms with E-state index in [0.29, 0.717) is 93.5 Å². The number of carbonyl (C=O) groups excluding carboxylic acids is 4. The Morgan fingerprint density at radius 1 is 0.683 bits per heavy atom. The fraction of sp³-hybridized carbons (Fsp3) is 0.381. The lowest BCUT2D eigenvalue weighted by Crippen LogP contribution is -2.28. The SMILES string of the molecule is CCn1nc(C)cc1C(=O)/N=c1\n(C)c2cc(C(N)=O)ccc2n1C/C(C)=C(\C)Cn1/c(=N/C(=O)c2cc(C)nn2CC)n(C)c2cc(C(N)=O)cc(OCCCOC)c21. The van der Waals surface area contributed by atoms with Gasteiger partial charge in [-0.25, -0.2) is 0 Å². The minimum Gasteiger partial charge on any atom is -0.491 e. The number of allylic oxidation sites excluding steroid dienone is 2. The zero-order chi connectivity index (χ0) is 43.6. The van der Waals surface area contributed by atoms with E-state index in [-0.39, 0.29) is 25.3 Å². The van der Waals surface area contributed by atoms with E-state index in [4.69, 9.17) is 20.9 Å². The van der Waals surface area contributed by atoms with E-state index in [9.17, 15) is 19.2 Å². The number of fused-ring (bicyclic) bond motifs is 2. The van der Waals surface area contributed by atoms with Crippen molar-refractivity contribution in [1.82, 2.24) is 37.8 Å². The topological polar surface area (TPSA) is 219 Å². The lowest BCUT2D eigenvalue weighted by atomic mass is 10.1. The molecule has 0 unspecified atom stereocenters. The van der Waals surface area contributed by atoms with Gasteiger partial charge in [0.2, 0.25) is 23.1 Å². The molecular weight excluding hydrogens is 769 g/mol. The van der Waals surface area contributed by atoms with Gasteiger partial charge in [-0.05, 0) is 84.0 Å². The number of hydrogen-bond acceptors (Lipinski definition) is 8. The molecule has 0 atom stereocenters. The predicted octanol–water partition coefficient (Wildman–Crippen LogP) is 3.45. The molecule has 0 saturated carbocycles. The monoisotopic (exact) mass is 820 g/mol. The number of amides is 4. The second kappa shape index (κ2) is 17.6. The number of nitrogens with zero attached hydrogens (tertiary/aromatic N) is 10. The third-order valence-corrected chi connectivity index (χ3v) is 10.5. The largest absolute Gasteiger partial charge is 0.491 e. The number of methoxy groups -OCH3 is 1. The summed E-state index contributed by atoms with van der Waals surface area (Å²) in [4.78, 5) is 61.9. The molecule has 2 aromatic carbocycles. The first-order chi connectivity index (χ1) is 28.6. The molecule has 0 fully saturated rings. The van der Waals surface area contributed by atoms with E-state index < -0.39 is 23.6 Å². The van der Waals surface area contributed by atoms with Crippen molar-refractivity contribution in [3.63, 3.8) is 0 Å². The maximum absolute atomic E-state index is 14.0. The third-order valence-electron chi connectivity index (χ3n) is 10.5. The summed E-state index contributed by atoms with van der Waals surface area (Å²) in [7, 11) is 5.15. The number of carbonyl (C=O) groups is 4. The summed E-state index contributed by atoms with van der Waals surface area (Å²) in [5.74, 6) is -1.80. The number of rotatable bonds is 15. The highest BCUT2D eigenvalue weighted by Crippen LogP contribution is 2.29. The van der Waals surface area contributed by atoms with Crippen LogP contribution in [0.5, 0.6) is 5.75 Å². The van der Waals surface area contributed by atoms with Crippen molar-refractivity contribution in [3.8, 4) is 5.75 Å². The molecule has 0 aliphatic rings. The van der Waals surface area contributed by atoms with Gasteiger partial charge in [-0.1, -0.05) is 11.1 Å². The van der Waals surface area contributed by atoms with Crippen LogP contribution in [0.2, 0.25) is 0 Å². The van der Waals surface area contributed by atoms with Crippen molar-refractivity contribution in [2.24, 2.45) is 35.5 Å². The Labute approximate surface area is 346 Å². The second-order valence-electron chi connectivity index (χ2n) is 14.7. The zero-order valence-corrected chi connectivity index (χ0v) is 35.6. The molecule has 18 nitrogen and oxygen atoms in total. The summed E-state index contributed by atoms with van der Waals surface area (Å²) in [5, 5.41) is 8.88. The summed E-state index contributed by atoms with van der Waals surface area (Å²) in [6.07, 6.45) is 0.583. The van der Waals surface area contributed by atoms with Gasteiger partial charge >= 0.3 is 0 Å². The normalized spacial score (nSPS) is 12.8. The summed E-state index contributed by atoms with van der Waals surface area (Å²) in [6, 6.07) is 11.8. The smallest absolute Gasteiger partial charge is 0.298 e. The highest BCUT2D eigenvalue weighted by Gasteiger charge is 2.22. The van der Waals surface area contributed by atoms with Crippen LogP contribution >= 0.6 is 0 Å². The minimum atomic E-state index is -0.640. The molecule has 4 amide bonds. The lowest BCUT2D eigenvalue weighted by Gasteiger charge is -2.14. The second-order valence-corrected chi connectivity index (χ2v) is 14.7. The van der Waals surface area contributed by atoms with Crippen LogP contribution in [0, 0.1) is 13.8 Å². The molecule has 6 rings (SSSR count). The van der Waals surface area contributed by atoms with Crippen LogP contribution in [0.25, 0.3) is 22.1 Å². The average Bonchev–Trinajstić information content (AvgIpc) is 3.94. The maximum atomic E-state index is 14.0. The molecule has 6 aromatic rings. The number of nitrogens with two attached hydrogens (primary N) is 2. The van der Waals surface area contributed by atoms with Crippen LogP contribution in [-0.2, 0) is 45.0 Å². The van der Waals surface area contributed by atoms with E-state index in [1.54, 1.807) is 82.2 Å². The van der Waals surface area contributed by atoms with Crippen molar-refractivity contribution in [3.05, 3.63) is 98.7 Å². The number of aryl methyl sites for hydroxylation is 6. The molecule has 4 aromatic heterocycles. The van der Waals surface area contributed by atoms with Crippen LogP contribution in [0.4, 0.5) is 0 Å². The Hall–Kier alpha value is -6.82. The first kappa shape index (κ1) is 42.8. The van der Waals surface area contributed by atoms with Crippen LogP contribution < -0.4 is 27.4 Å². The highest BCUT2D eigenvalue weighted by atomic mass is 16.5. The Bertz CT molecular complexity index is 2860. The van der Waals surface area contributed by atoms with Gasteiger partial charge in [-0.15, -0.1) is 0 Å². The molecule has 0 spiro atoms. The van der Waals surface area contributed by atoms with Gasteiger partial charge in [0.05, 0.1) is 34.5 Å². The van der Waals surface area contributed by atoms with Crippen LogP contribution in [0.1, 0.15) is 87.2 Å². The fourth-order valence-corrected chi connectivity index (χ4v) is 7.25. The standard InChI is InChI=1S/C42H52N12O6/c1-10-53-33(17-26(5)47-53)39(57)45-41-49(7)31-19-28(37(43)55)13-14-30(31)51(41)22-24(3)25(4)23-52-36-32(20-29(38(44)56)21-35(36)60-16-12-15-59-9)50(8)42(52)46-40(58)34-18-27(6)48-54(34)11-2/h13-14,17-21H,10-12,15-16,22-23H2,1-9H3,(H2,43,55)(H2,44,56)/b25-24+,45-41+,46-42+. The van der Waals surface area contributed by atoms with Gasteiger partial charge < -0.3 is 39.2 Å². The number of aromatic nitrogens is 8. The van der Waals surface area contributed by atoms with E-state index in [1.165, 1.54) is 0 Å². The number of imidazole rings is 2. The number of hydrogen-bond donors (Lipinski definition) is 2. The quantitative estimate of drug-likeness (QED) is 0.115. The molecule has 18 heteroatoms. The van der Waals surface area contributed by atoms with Crippen LogP contribution in [0.3, 0.4) is 0 Å². The third kappa shape index (κ3) is 8.36. The molecule has 4 N–H and O–H groups in total. The molecule has 0 radical (unpaired) electrons. The summed E-state index contributed by atoms with van der Waals surface area (Å²) in [5.41, 5.74) is 19.0. The van der Waals surface area contributed by atoms with E-state index in [0.717, 1.165) is 11.1 Å². The van der Waals surface area contributed by atoms with Gasteiger partial charge in [-0.3, -0.25) is 28.5 Å². The first-order valence-corrected chi connectivity index (χ1v) is 19.6. The molecule has 4 heterocycles. The molecule has 316 valence electrons. The van der Waals surface area contributed by atoms with E-state index in [1.807, 2.05) is 50.7 Å². The first-order valence-electron chi connectivity index (χ1n) is 19.6. The van der Waals surface area contributed by atoms with Crippen molar-refractivity contribution in [1.29, 1.82) is 0 Å². The van der Waals surface area contributed by atoms with E-state index >= 15 is 0 Å². The Kier molecular flexibility index (Phi) is 12.5. The predicted molar refractivity (Wildman–Crippen MR) is 224 cm³/mol. The molecule has 0 aliphatic carbocycles. The van der Waals surface area contributed by atoms with Gasteiger partial charge in [0.1, 0.15) is 22.7 Å². The average molecular weight is 821 g/mol. The summed E-state index contributed by atoms with van der Waals surface area (Å²) < 4.78 is 22.1. The number of primary amides is 2. The van der Waals surface area contributed by atoms with Gasteiger partial charge in [-0.2, -0.15) is 20.2 Å². The summed E-state index contributed by atoms with van der Waals surface area (Å²) >= 11 is 0. The van der Waals surface area contributed by atoms with Crippen molar-refractivity contribution in [2.75, 3.05) is 20.3 Å². The zero-order valence-electron chi connectivity index (χ0n) is 35.6. The number of benzene rings is 2. The van der Waals surface area contributed by atoms with Crippen molar-refractivity contribution in [2.45, 2.75) is 74.1 Å². The Morgan fingerprint density at radius 3 is 1.73 bits per heavy atom. The van der Waals surface area contributed by atoms with E-state index in [2.05, 4.69) is 20.2 Å². The maximum Gasteiger partial charge on any atom is 0.298 e. The van der Waals surface area contributed by atoms with Gasteiger partial charge in [0, 0.05) is 71.5 Å². The molecule has 60 heavy (non-hydrogen) atoms. The van der Waals surface area contributed by atoms with Gasteiger partial charge in [0.25, 0.3) is 11.8 Å².